The van der Waals surface area contributed by atoms with Crippen molar-refractivity contribution in [2.24, 2.45) is 5.92 Å². The molecule has 3 atom stereocenters. The van der Waals surface area contributed by atoms with Crippen molar-refractivity contribution in [3.8, 4) is 46.1 Å². The van der Waals surface area contributed by atoms with Crippen LogP contribution in [0.4, 0.5) is 4.79 Å². The number of nitrogens with zero attached hydrogens (tertiary/aromatic N) is 3. The van der Waals surface area contributed by atoms with Crippen LogP contribution in [0.5, 0.6) is 0 Å². The van der Waals surface area contributed by atoms with E-state index in [-0.39, 0.29) is 61.1 Å². The molecule has 2 amide bonds. The molecule has 0 bridgehead atoms. The summed E-state index contributed by atoms with van der Waals surface area (Å²) in [5.74, 6) is 13.4. The molecule has 0 spiro atoms. The number of carbonyl (C=O) groups is 2. The van der Waals surface area contributed by atoms with E-state index in [1.807, 2.05) is 44.3 Å². The van der Waals surface area contributed by atoms with Crippen molar-refractivity contribution >= 4 is 49.2 Å². The van der Waals surface area contributed by atoms with Gasteiger partial charge in [0.2, 0.25) is 5.91 Å². The molecule has 5 N–H and O–H groups in total. The molecule has 4 heterocycles. The Bertz CT molecular complexity index is 1850. The zero-order valence-electron chi connectivity index (χ0n) is 27.2. The molecule has 0 saturated carbocycles. The number of benzene rings is 2. The summed E-state index contributed by atoms with van der Waals surface area (Å²) in [6.45, 7) is 5.21. The molecule has 49 heavy (non-hydrogen) atoms. The Hall–Kier alpha value is -4.45. The van der Waals surface area contributed by atoms with Crippen molar-refractivity contribution in [2.75, 3.05) is 13.1 Å². The highest BCUT2D eigenvalue weighted by molar-refractivity contribution is 5.86. The first kappa shape index (κ1) is 39.0. The van der Waals surface area contributed by atoms with Crippen LogP contribution in [0.2, 0.25) is 0 Å². The highest BCUT2D eigenvalue weighted by atomic mass is 35.5. The second-order valence-electron chi connectivity index (χ2n) is 12.0. The Kier molecular flexibility index (Phi) is 14.2. The fourth-order valence-corrected chi connectivity index (χ4v) is 6.16. The number of aromatic amines is 2. The number of H-pyrrole nitrogens is 2. The van der Waals surface area contributed by atoms with Crippen molar-refractivity contribution < 1.29 is 14.7 Å². The third kappa shape index (κ3) is 9.17. The van der Waals surface area contributed by atoms with Crippen LogP contribution in [-0.2, 0) is 4.79 Å². The van der Waals surface area contributed by atoms with E-state index in [0.29, 0.717) is 18.1 Å². The first-order valence-electron chi connectivity index (χ1n) is 15.7. The van der Waals surface area contributed by atoms with Crippen molar-refractivity contribution in [1.82, 2.24) is 35.5 Å². The van der Waals surface area contributed by atoms with Gasteiger partial charge in [-0.05, 0) is 79.2 Å². The number of carboxylic acid groups (broad SMARTS) is 1. The van der Waals surface area contributed by atoms with Crippen LogP contribution in [-0.4, -0.2) is 61.1 Å². The van der Waals surface area contributed by atoms with Crippen molar-refractivity contribution in [3.63, 3.8) is 0 Å². The average Bonchev–Trinajstić information content (AvgIpc) is 3.89. The smallest absolute Gasteiger partial charge is 0.405 e. The van der Waals surface area contributed by atoms with E-state index in [4.69, 9.17) is 0 Å². The Labute approximate surface area is 304 Å². The van der Waals surface area contributed by atoms with Gasteiger partial charge < -0.3 is 30.6 Å². The Morgan fingerprint density at radius 3 is 2.39 bits per heavy atom. The van der Waals surface area contributed by atoms with Gasteiger partial charge in [-0.1, -0.05) is 56.2 Å². The molecular weight excluding hydrogens is 685 g/mol. The van der Waals surface area contributed by atoms with E-state index in [1.165, 1.54) is 0 Å². The van der Waals surface area contributed by atoms with E-state index in [9.17, 15) is 14.7 Å². The van der Waals surface area contributed by atoms with Gasteiger partial charge in [-0.2, -0.15) is 0 Å². The Balaban J connectivity index is 0.00000217. The summed E-state index contributed by atoms with van der Waals surface area (Å²) in [7, 11) is 0. The van der Waals surface area contributed by atoms with Gasteiger partial charge >= 0.3 is 6.09 Å². The lowest BCUT2D eigenvalue weighted by molar-refractivity contribution is -0.135. The van der Waals surface area contributed by atoms with Crippen LogP contribution in [0.25, 0.3) is 22.4 Å². The van der Waals surface area contributed by atoms with Crippen LogP contribution in [0, 0.1) is 29.6 Å². The molecule has 2 unspecified atom stereocenters. The van der Waals surface area contributed by atoms with E-state index in [2.05, 4.69) is 78.5 Å². The van der Waals surface area contributed by atoms with Gasteiger partial charge in [0.25, 0.3) is 0 Å². The number of likely N-dealkylation sites (tertiary alicyclic amines) is 1. The van der Waals surface area contributed by atoms with Crippen LogP contribution in [0.1, 0.15) is 74.5 Å². The molecule has 0 aliphatic carbocycles. The quantitative estimate of drug-likeness (QED) is 0.138. The summed E-state index contributed by atoms with van der Waals surface area (Å²) in [5, 5.41) is 15.1. The minimum absolute atomic E-state index is 0. The third-order valence-electron chi connectivity index (χ3n) is 8.52. The van der Waals surface area contributed by atoms with E-state index >= 15 is 0 Å². The molecule has 4 aromatic rings. The maximum absolute atomic E-state index is 13.3. The largest absolute Gasteiger partial charge is 0.465 e. The molecule has 258 valence electrons. The number of amides is 2. The SMILES string of the molecule is CC(C)[C@H](NC(=O)O)C(=O)N1CCCC1c1ncc(C#CC#Cc2ccc(-c3cnc(C4CCCN4)[nH]3)cc2-c2ccccc2)[nH]1.Cl.Cl.Cl. The van der Waals surface area contributed by atoms with Crippen LogP contribution in [0.3, 0.4) is 0 Å². The Morgan fingerprint density at radius 2 is 1.67 bits per heavy atom. The monoisotopic (exact) mass is 723 g/mol. The third-order valence-corrected chi connectivity index (χ3v) is 8.52. The van der Waals surface area contributed by atoms with E-state index in [0.717, 1.165) is 66.0 Å². The van der Waals surface area contributed by atoms with Crippen LogP contribution in [0.15, 0.2) is 60.9 Å². The summed E-state index contributed by atoms with van der Waals surface area (Å²) in [5.41, 5.74) is 5.53. The van der Waals surface area contributed by atoms with Crippen LogP contribution < -0.4 is 10.6 Å². The van der Waals surface area contributed by atoms with E-state index in [1.54, 1.807) is 11.1 Å². The molecule has 2 aliphatic heterocycles. The maximum Gasteiger partial charge on any atom is 0.405 e. The van der Waals surface area contributed by atoms with E-state index < -0.39 is 12.1 Å². The average molecular weight is 725 g/mol. The van der Waals surface area contributed by atoms with Gasteiger partial charge in [0, 0.05) is 17.7 Å². The second kappa shape index (κ2) is 17.8. The van der Waals surface area contributed by atoms with Crippen molar-refractivity contribution in [1.29, 1.82) is 0 Å². The lowest BCUT2D eigenvalue weighted by Crippen LogP contribution is -2.50. The molecule has 6 rings (SSSR count). The Morgan fingerprint density at radius 1 is 0.918 bits per heavy atom. The lowest BCUT2D eigenvalue weighted by atomic mass is 9.96. The number of nitrogens with one attached hydrogen (secondary N) is 4. The van der Waals surface area contributed by atoms with Gasteiger partial charge in [-0.3, -0.25) is 4.79 Å². The molecule has 2 fully saturated rings. The number of hydrogen-bond donors (Lipinski definition) is 5. The normalized spacial score (nSPS) is 16.9. The molecule has 2 saturated heterocycles. The summed E-state index contributed by atoms with van der Waals surface area (Å²) < 4.78 is 0. The zero-order valence-corrected chi connectivity index (χ0v) is 29.6. The fraction of sp³-hybridized carbons (Fsp3) is 0.333. The maximum atomic E-state index is 13.3. The number of carbonyl (C=O) groups excluding carboxylic acids is 1. The summed E-state index contributed by atoms with van der Waals surface area (Å²) in [4.78, 5) is 42.1. The number of aromatic nitrogens is 4. The highest BCUT2D eigenvalue weighted by Gasteiger charge is 2.37. The highest BCUT2D eigenvalue weighted by Crippen LogP contribution is 2.32. The lowest BCUT2D eigenvalue weighted by Gasteiger charge is -2.29. The van der Waals surface area contributed by atoms with Gasteiger partial charge in [-0.25, -0.2) is 14.8 Å². The first-order valence-corrected chi connectivity index (χ1v) is 15.7. The predicted molar refractivity (Wildman–Crippen MR) is 197 cm³/mol. The molecule has 10 nitrogen and oxygen atoms in total. The molecule has 2 aromatic carbocycles. The zero-order chi connectivity index (χ0) is 32.0. The standard InChI is InChI=1S/C36H37N7O3.3ClH/c1-23(2)32(42-36(45)46)35(44)43-19-9-15-31(43)34-38-21-27(40-34)13-7-6-12-25-16-17-26(20-28(25)24-10-4-3-5-11-24)30-22-39-33(41-30)29-14-8-18-37-29;;;/h3-5,10-11,16-17,20-23,29,31-32,37,42H,8-9,14-15,18-19H2,1-2H3,(H,38,40)(H,39,41)(H,45,46);3*1H/t29?,31?,32-;;;/m0.../s1. The number of imidazole rings is 2. The minimum atomic E-state index is -1.21. The number of halogens is 3. The summed E-state index contributed by atoms with van der Waals surface area (Å²) in [6.07, 6.45) is 6.11. The minimum Gasteiger partial charge on any atom is -0.465 e. The molecule has 0 radical (unpaired) electrons. The molecular formula is C36H40Cl3N7O3. The number of rotatable bonds is 7. The second-order valence-corrected chi connectivity index (χ2v) is 12.0. The first-order chi connectivity index (χ1) is 22.4. The summed E-state index contributed by atoms with van der Waals surface area (Å²) >= 11 is 0. The predicted octanol–water partition coefficient (Wildman–Crippen LogP) is 6.52. The van der Waals surface area contributed by atoms with Gasteiger partial charge in [0.1, 0.15) is 23.4 Å². The molecule has 2 aliphatic rings. The van der Waals surface area contributed by atoms with Crippen molar-refractivity contribution in [2.45, 2.75) is 57.7 Å². The molecule has 2 aromatic heterocycles. The van der Waals surface area contributed by atoms with Crippen molar-refractivity contribution in [3.05, 3.63) is 83.8 Å². The van der Waals surface area contributed by atoms with Gasteiger partial charge in [-0.15, -0.1) is 37.2 Å². The fourth-order valence-electron chi connectivity index (χ4n) is 6.16. The number of hydrogen-bond acceptors (Lipinski definition) is 5. The van der Waals surface area contributed by atoms with Crippen LogP contribution >= 0.6 is 37.2 Å². The summed E-state index contributed by atoms with van der Waals surface area (Å²) in [6, 6.07) is 15.6. The van der Waals surface area contributed by atoms with Gasteiger partial charge in [0.15, 0.2) is 0 Å². The van der Waals surface area contributed by atoms with Gasteiger partial charge in [0.05, 0.1) is 30.2 Å². The molecule has 13 heteroatoms. The topological polar surface area (TPSA) is 139 Å².